The monoisotopic (exact) mass is 2100 g/mol. The van der Waals surface area contributed by atoms with Crippen molar-refractivity contribution in [3.05, 3.63) is 126 Å². The highest BCUT2D eigenvalue weighted by Gasteiger charge is 2.43. The standard InChI is InChI=1S/C94H134N30O24S/c1-48(79(134)114-64(26-27-75(97)130)84(139)115-62(23-11-13-29-96)82(137)110-49(2)80(135)113-63(24-14-30-102-94(99)100)83(138)112-61(78(98)133)22-10-12-28-95)109-77(132)41-106-76(131)40-107-81(136)65(32-51-36-103-58-19-7-4-16-55(51)58)116-87(142)69(42-125)120-86(141)67(35-54-39-101-47-108-54)118-85(140)66(33-52-37-104-59-20-8-5-17-56(52)59)117-88(143)72(45-128)123-92(147)74-25-15-31-124(74)93(148)68(34-53-38-105-60-21-9-6-18-57(53)60)119-89(144)70(43-126)121-90(145)71(44-127)122-91(146)73(46-149)111-50(3)129/h4-9,16-21,36-39,47-49,61-74,103-105,125-128,149H,10-15,22-35,40-46,95-96H2,1-3H3,(H2,97,130)(H2,98,133)(H,101,108)(H,106,131)(H,107,136)(H,109,132)(H,110,137)(H,111,129)(H,112,138)(H,113,135)(H,114,134)(H,115,139)(H,116,142)(H,117,143)(H,118,140)(H,119,144)(H,120,141)(H,121,145)(H,122,146)(H,123,147)(H4,99,100,102). The van der Waals surface area contributed by atoms with E-state index in [0.29, 0.717) is 75.2 Å². The number of aromatic amines is 4. The molecule has 0 aliphatic carbocycles. The number of H-pyrrole nitrogens is 4. The summed E-state index contributed by atoms with van der Waals surface area (Å²) in [6, 6.07) is -4.38. The van der Waals surface area contributed by atoms with Crippen LogP contribution in [0.15, 0.2) is 104 Å². The number of guanidine groups is 1. The molecule has 37 N–H and O–H groups in total. The van der Waals surface area contributed by atoms with E-state index in [-0.39, 0.29) is 101 Å². The summed E-state index contributed by atoms with van der Waals surface area (Å²) < 4.78 is 0. The predicted molar refractivity (Wildman–Crippen MR) is 540 cm³/mol. The number of nitrogens with one attached hydrogen (secondary N) is 23. The zero-order valence-corrected chi connectivity index (χ0v) is 83.2. The summed E-state index contributed by atoms with van der Waals surface area (Å²) in [7, 11) is 0. The summed E-state index contributed by atoms with van der Waals surface area (Å²) in [5, 5.41) is 96.0. The van der Waals surface area contributed by atoms with Crippen molar-refractivity contribution in [3.8, 4) is 0 Å². The molecule has 55 heteroatoms. The largest absolute Gasteiger partial charge is 0.394 e. The molecule has 8 rings (SSSR count). The van der Waals surface area contributed by atoms with Gasteiger partial charge in [-0.1, -0.05) is 54.6 Å². The van der Waals surface area contributed by atoms with Gasteiger partial charge in [0.05, 0.1) is 51.5 Å². The highest BCUT2D eigenvalue weighted by atomic mass is 32.1. The van der Waals surface area contributed by atoms with Crippen LogP contribution in [0.25, 0.3) is 32.7 Å². The van der Waals surface area contributed by atoms with Gasteiger partial charge < -0.3 is 170 Å². The number of likely N-dealkylation sites (tertiary alicyclic amines) is 1. The van der Waals surface area contributed by atoms with Crippen molar-refractivity contribution >= 4 is 169 Å². The fourth-order valence-electron chi connectivity index (χ4n) is 16.2. The second-order valence-corrected chi connectivity index (χ2v) is 35.9. The Bertz CT molecular complexity index is 5840. The zero-order valence-electron chi connectivity index (χ0n) is 82.3. The third kappa shape index (κ3) is 36.7. The Balaban J connectivity index is 0.916. The highest BCUT2D eigenvalue weighted by Crippen LogP contribution is 2.26. The van der Waals surface area contributed by atoms with Crippen LogP contribution >= 0.6 is 12.6 Å². The number of primary amides is 2. The molecular weight excluding hydrogens is 1970 g/mol. The number of unbranched alkanes of at least 4 members (excludes halogenated alkanes) is 2. The molecule has 7 aromatic rings. The van der Waals surface area contributed by atoms with Gasteiger partial charge in [-0.2, -0.15) is 12.6 Å². The molecular formula is C94H134N30O24S. The number of aliphatic hydroxyl groups is 4. The smallest absolute Gasteiger partial charge is 0.246 e. The van der Waals surface area contributed by atoms with Crippen molar-refractivity contribution in [2.45, 2.75) is 220 Å². The molecule has 4 aromatic heterocycles. The summed E-state index contributed by atoms with van der Waals surface area (Å²) in [6.07, 6.45) is 6.89. The average Bonchev–Trinajstić information content (AvgIpc) is 1.66. The summed E-state index contributed by atoms with van der Waals surface area (Å²) in [6.45, 7) is -1.98. The number of rotatable bonds is 63. The first-order valence-electron chi connectivity index (χ1n) is 48.3. The zero-order chi connectivity index (χ0) is 109. The van der Waals surface area contributed by atoms with Crippen LogP contribution in [-0.4, -0.2) is 342 Å². The number of carbonyl (C=O) groups excluding carboxylic acids is 20. The molecule has 1 saturated heterocycles. The highest BCUT2D eigenvalue weighted by molar-refractivity contribution is 7.80. The van der Waals surface area contributed by atoms with E-state index in [9.17, 15) is 107 Å². The maximum Gasteiger partial charge on any atom is 0.246 e. The molecule has 1 fully saturated rings. The Hall–Kier alpha value is -15.7. The van der Waals surface area contributed by atoms with Gasteiger partial charge in [-0.15, -0.1) is 0 Å². The lowest BCUT2D eigenvalue weighted by Crippen LogP contribution is -2.62. The lowest BCUT2D eigenvalue weighted by molar-refractivity contribution is -0.143. The molecule has 149 heavy (non-hydrogen) atoms. The first-order chi connectivity index (χ1) is 71.2. The van der Waals surface area contributed by atoms with Crippen LogP contribution in [0.3, 0.4) is 0 Å². The predicted octanol–water partition coefficient (Wildman–Crippen LogP) is -10.1. The van der Waals surface area contributed by atoms with Crippen molar-refractivity contribution in [1.82, 2.24) is 126 Å². The lowest BCUT2D eigenvalue weighted by atomic mass is 10.0. The SMILES string of the molecule is CC(=O)NC(CS)C(=O)NC(CO)C(=O)NC(CO)C(=O)NC(Cc1c[nH]c2ccccc12)C(=O)N1CCCC1C(=O)NC(CO)C(=O)NC(Cc1c[nH]c2ccccc12)C(=O)NC(Cc1c[nH]cn1)C(=O)NC(CO)C(=O)NC(Cc1c[nH]c2ccccc12)C(=O)NCC(=O)NCC(=O)NC(C)C(=O)NC(CCC(N)=O)C(=O)NC(CCCCN)C(=O)NC(C)C(=O)NC(CCCNC(=N)N)C(=O)NC(CCCCN)C(N)=O. The van der Waals surface area contributed by atoms with Crippen LogP contribution in [0.2, 0.25) is 0 Å². The molecule has 20 amide bonds. The number of hydrogen-bond acceptors (Lipinski definition) is 29. The molecule has 5 heterocycles. The van der Waals surface area contributed by atoms with Gasteiger partial charge in [-0.05, 0) is 132 Å². The number of para-hydroxylation sites is 3. The van der Waals surface area contributed by atoms with E-state index in [0.717, 1.165) is 11.8 Å². The molecule has 1 aliphatic rings. The van der Waals surface area contributed by atoms with E-state index < -0.39 is 274 Å². The minimum Gasteiger partial charge on any atom is -0.394 e. The van der Waals surface area contributed by atoms with Crippen molar-refractivity contribution in [3.63, 3.8) is 0 Å². The number of thiol groups is 1. The number of amides is 20. The quantitative estimate of drug-likeness (QED) is 0.00728. The van der Waals surface area contributed by atoms with Crippen LogP contribution in [0.1, 0.15) is 120 Å². The van der Waals surface area contributed by atoms with Crippen molar-refractivity contribution in [2.75, 3.05) is 71.4 Å². The van der Waals surface area contributed by atoms with Gasteiger partial charge in [0.2, 0.25) is 118 Å². The number of nitrogens with two attached hydrogens (primary N) is 5. The third-order valence-corrected chi connectivity index (χ3v) is 24.6. The topological polar surface area (TPSA) is 872 Å². The van der Waals surface area contributed by atoms with Crippen molar-refractivity contribution in [2.24, 2.45) is 28.7 Å². The Kier molecular flexibility index (Phi) is 47.5. The molecule has 3 aromatic carbocycles. The minimum atomic E-state index is -1.94. The number of aliphatic hydroxyl groups excluding tert-OH is 4. The van der Waals surface area contributed by atoms with Crippen LogP contribution in [-0.2, 0) is 122 Å². The van der Waals surface area contributed by atoms with Gasteiger partial charge in [-0.25, -0.2) is 4.98 Å². The summed E-state index contributed by atoms with van der Waals surface area (Å²) in [4.78, 5) is 294. The van der Waals surface area contributed by atoms with Gasteiger partial charge in [0.1, 0.15) is 96.7 Å². The Morgan fingerprint density at radius 1 is 0.416 bits per heavy atom. The number of imidazole rings is 1. The number of nitrogens with zero attached hydrogens (tertiary/aromatic N) is 2. The number of hydrogen-bond donors (Lipinski definition) is 33. The Morgan fingerprint density at radius 2 is 0.799 bits per heavy atom. The van der Waals surface area contributed by atoms with E-state index in [1.807, 2.05) is 0 Å². The van der Waals surface area contributed by atoms with Gasteiger partial charge in [0.25, 0.3) is 0 Å². The molecule has 0 bridgehead atoms. The number of fused-ring (bicyclic) bond motifs is 3. The number of carbonyl (C=O) groups is 20. The fourth-order valence-corrected chi connectivity index (χ4v) is 16.5. The summed E-state index contributed by atoms with van der Waals surface area (Å²) in [5.41, 5.74) is 31.1. The number of benzene rings is 3. The molecule has 810 valence electrons. The van der Waals surface area contributed by atoms with E-state index in [2.05, 4.69) is 133 Å². The first-order valence-corrected chi connectivity index (χ1v) is 48.9. The number of aromatic nitrogens is 5. The average molecular weight is 2100 g/mol. The Labute approximate surface area is 859 Å². The van der Waals surface area contributed by atoms with Gasteiger partial charge >= 0.3 is 0 Å². The normalized spacial score (nSPS) is 15.2. The second-order valence-electron chi connectivity index (χ2n) is 35.5. The maximum absolute atomic E-state index is 15.2. The van der Waals surface area contributed by atoms with Crippen molar-refractivity contribution < 1.29 is 116 Å². The van der Waals surface area contributed by atoms with E-state index in [4.69, 9.17) is 34.1 Å². The molecule has 0 spiro atoms. The van der Waals surface area contributed by atoms with Gasteiger partial charge in [0, 0.05) is 115 Å². The fraction of sp³-hybridized carbons (Fsp3) is 0.489. The first kappa shape index (κ1) is 119. The second kappa shape index (κ2) is 59.8. The lowest BCUT2D eigenvalue weighted by Gasteiger charge is -2.31. The summed E-state index contributed by atoms with van der Waals surface area (Å²) in [5.74, 6) is -20.2. The van der Waals surface area contributed by atoms with E-state index in [1.165, 1.54) is 26.4 Å². The summed E-state index contributed by atoms with van der Waals surface area (Å²) >= 11 is 4.06. The van der Waals surface area contributed by atoms with Gasteiger partial charge in [-0.3, -0.25) is 101 Å². The van der Waals surface area contributed by atoms with Gasteiger partial charge in [0.15, 0.2) is 5.96 Å². The van der Waals surface area contributed by atoms with E-state index >= 15 is 9.59 Å². The minimum absolute atomic E-state index is 0.0364. The van der Waals surface area contributed by atoms with Crippen LogP contribution in [0.5, 0.6) is 0 Å². The Morgan fingerprint density at radius 3 is 1.25 bits per heavy atom. The van der Waals surface area contributed by atoms with Crippen LogP contribution < -0.4 is 124 Å². The molecule has 0 radical (unpaired) electrons. The van der Waals surface area contributed by atoms with Crippen LogP contribution in [0, 0.1) is 5.41 Å². The molecule has 54 nitrogen and oxygen atoms in total. The van der Waals surface area contributed by atoms with Crippen molar-refractivity contribution in [1.29, 1.82) is 5.41 Å². The molecule has 16 atom stereocenters. The maximum atomic E-state index is 15.2. The molecule has 0 saturated carbocycles. The van der Waals surface area contributed by atoms with Crippen LogP contribution in [0.4, 0.5) is 0 Å². The molecule has 1 aliphatic heterocycles. The van der Waals surface area contributed by atoms with E-state index in [1.54, 1.807) is 91.4 Å². The third-order valence-electron chi connectivity index (χ3n) is 24.3. The molecule has 16 unspecified atom stereocenters.